The van der Waals surface area contributed by atoms with E-state index in [4.69, 9.17) is 14.5 Å². The van der Waals surface area contributed by atoms with Crippen LogP contribution in [0.1, 0.15) is 17.6 Å². The van der Waals surface area contributed by atoms with Crippen molar-refractivity contribution >= 4 is 0 Å². The number of rotatable bonds is 2. The van der Waals surface area contributed by atoms with Gasteiger partial charge in [0.05, 0.1) is 12.2 Å². The number of likely N-dealkylation sites (N-methyl/N-ethyl adjacent to an activating group) is 1. The Morgan fingerprint density at radius 3 is 3.21 bits per heavy atom. The summed E-state index contributed by atoms with van der Waals surface area (Å²) in [5.41, 5.74) is 1.17. The van der Waals surface area contributed by atoms with Crippen LogP contribution in [0.5, 0.6) is 0 Å². The van der Waals surface area contributed by atoms with E-state index in [9.17, 15) is 0 Å². The molecule has 1 aliphatic rings. The number of nitriles is 1. The van der Waals surface area contributed by atoms with Crippen LogP contribution in [0, 0.1) is 11.3 Å². The van der Waals surface area contributed by atoms with Crippen LogP contribution in [-0.2, 0) is 4.74 Å². The lowest BCUT2D eigenvalue weighted by Crippen LogP contribution is -2.35. The topological polar surface area (TPSA) is 91.0 Å². The van der Waals surface area contributed by atoms with E-state index in [1.165, 1.54) is 0 Å². The van der Waals surface area contributed by atoms with E-state index in [-0.39, 0.29) is 6.10 Å². The molecular formula is C12H13N5O2. The van der Waals surface area contributed by atoms with E-state index in [1.54, 1.807) is 12.3 Å². The summed E-state index contributed by atoms with van der Waals surface area (Å²) < 4.78 is 10.8. The van der Waals surface area contributed by atoms with Gasteiger partial charge in [-0.1, -0.05) is 5.16 Å². The van der Waals surface area contributed by atoms with Crippen LogP contribution in [0.25, 0.3) is 11.5 Å². The largest absolute Gasteiger partial charge is 0.367 e. The van der Waals surface area contributed by atoms with Crippen molar-refractivity contribution in [3.8, 4) is 17.5 Å². The van der Waals surface area contributed by atoms with Gasteiger partial charge in [0.1, 0.15) is 17.9 Å². The Morgan fingerprint density at radius 1 is 1.58 bits per heavy atom. The quantitative estimate of drug-likeness (QED) is 0.863. The smallest absolute Gasteiger partial charge is 0.259 e. The number of hydrogen-bond acceptors (Lipinski definition) is 6. The van der Waals surface area contributed by atoms with Gasteiger partial charge in [-0.25, -0.2) is 0 Å². The molecule has 2 aromatic heterocycles. The second-order valence-corrected chi connectivity index (χ2v) is 4.49. The molecule has 1 unspecified atom stereocenters. The molecule has 0 aliphatic carbocycles. The van der Waals surface area contributed by atoms with Crippen LogP contribution in [0.4, 0.5) is 0 Å². The SMILES string of the molecule is CN1CCOC(c2noc(-c3c[nH]c(C#N)c3)n2)C1. The van der Waals surface area contributed by atoms with Crippen molar-refractivity contribution in [1.82, 2.24) is 20.0 Å². The maximum absolute atomic E-state index is 8.76. The van der Waals surface area contributed by atoms with Gasteiger partial charge in [-0.3, -0.25) is 0 Å². The monoisotopic (exact) mass is 259 g/mol. The van der Waals surface area contributed by atoms with Crippen molar-refractivity contribution in [3.05, 3.63) is 23.8 Å². The van der Waals surface area contributed by atoms with Crippen molar-refractivity contribution < 1.29 is 9.26 Å². The van der Waals surface area contributed by atoms with Crippen LogP contribution in [-0.4, -0.2) is 46.8 Å². The molecule has 7 heteroatoms. The molecular weight excluding hydrogens is 246 g/mol. The van der Waals surface area contributed by atoms with Gasteiger partial charge in [-0.05, 0) is 13.1 Å². The summed E-state index contributed by atoms with van der Waals surface area (Å²) in [7, 11) is 2.03. The highest BCUT2D eigenvalue weighted by Gasteiger charge is 2.24. The molecule has 1 saturated heterocycles. The number of H-pyrrole nitrogens is 1. The molecule has 1 fully saturated rings. The number of nitrogens with zero attached hydrogens (tertiary/aromatic N) is 4. The summed E-state index contributed by atoms with van der Waals surface area (Å²) in [5.74, 6) is 0.936. The summed E-state index contributed by atoms with van der Waals surface area (Å²) in [6.45, 7) is 2.31. The van der Waals surface area contributed by atoms with Gasteiger partial charge in [0.15, 0.2) is 0 Å². The molecule has 0 aromatic carbocycles. The molecule has 1 atom stereocenters. The van der Waals surface area contributed by atoms with Crippen LogP contribution in [0.3, 0.4) is 0 Å². The summed E-state index contributed by atoms with van der Waals surface area (Å²) >= 11 is 0. The molecule has 2 aromatic rings. The first-order chi connectivity index (χ1) is 9.26. The summed E-state index contributed by atoms with van der Waals surface area (Å²) in [6.07, 6.45) is 1.51. The summed E-state index contributed by atoms with van der Waals surface area (Å²) in [6, 6.07) is 3.69. The Balaban J connectivity index is 1.81. The predicted molar refractivity (Wildman–Crippen MR) is 65.0 cm³/mol. The van der Waals surface area contributed by atoms with Gasteiger partial charge in [0, 0.05) is 19.3 Å². The fraction of sp³-hybridized carbons (Fsp3) is 0.417. The third-order valence-corrected chi connectivity index (χ3v) is 3.05. The lowest BCUT2D eigenvalue weighted by molar-refractivity contribution is -0.0264. The Kier molecular flexibility index (Phi) is 3.03. The molecule has 0 saturated carbocycles. The standard InChI is InChI=1S/C12H13N5O2/c1-17-2-3-18-10(7-17)11-15-12(19-16-11)8-4-9(5-13)14-6-8/h4,6,10,14H,2-3,7H2,1H3. The maximum atomic E-state index is 8.76. The predicted octanol–water partition coefficient (Wildman–Crippen LogP) is 0.939. The van der Waals surface area contributed by atoms with E-state index < -0.39 is 0 Å². The summed E-state index contributed by atoms with van der Waals surface area (Å²) in [5, 5.41) is 12.7. The van der Waals surface area contributed by atoms with Crippen molar-refractivity contribution in [2.75, 3.05) is 26.7 Å². The highest BCUT2D eigenvalue weighted by atomic mass is 16.5. The van der Waals surface area contributed by atoms with Crippen LogP contribution in [0.2, 0.25) is 0 Å². The Hall–Kier alpha value is -2.17. The van der Waals surface area contributed by atoms with E-state index in [0.29, 0.717) is 29.6 Å². The fourth-order valence-corrected chi connectivity index (χ4v) is 2.00. The molecule has 3 rings (SSSR count). The second kappa shape index (κ2) is 4.84. The molecule has 0 bridgehead atoms. The van der Waals surface area contributed by atoms with Gasteiger partial charge < -0.3 is 19.1 Å². The second-order valence-electron chi connectivity index (χ2n) is 4.49. The van der Waals surface area contributed by atoms with Gasteiger partial charge >= 0.3 is 0 Å². The first-order valence-electron chi connectivity index (χ1n) is 5.99. The number of aromatic amines is 1. The van der Waals surface area contributed by atoms with Crippen LogP contribution < -0.4 is 0 Å². The minimum Gasteiger partial charge on any atom is -0.367 e. The minimum absolute atomic E-state index is 0.161. The van der Waals surface area contributed by atoms with E-state index >= 15 is 0 Å². The molecule has 0 amide bonds. The van der Waals surface area contributed by atoms with Gasteiger partial charge in [0.25, 0.3) is 5.89 Å². The third kappa shape index (κ3) is 2.36. The number of ether oxygens (including phenoxy) is 1. The summed E-state index contributed by atoms with van der Waals surface area (Å²) in [4.78, 5) is 9.31. The van der Waals surface area contributed by atoms with Gasteiger partial charge in [0.2, 0.25) is 5.82 Å². The zero-order valence-corrected chi connectivity index (χ0v) is 10.5. The molecule has 19 heavy (non-hydrogen) atoms. The number of morpholine rings is 1. The van der Waals surface area contributed by atoms with E-state index in [1.807, 2.05) is 13.1 Å². The molecule has 1 N–H and O–H groups in total. The third-order valence-electron chi connectivity index (χ3n) is 3.05. The fourth-order valence-electron chi connectivity index (χ4n) is 2.00. The van der Waals surface area contributed by atoms with Crippen LogP contribution in [0.15, 0.2) is 16.8 Å². The molecule has 3 heterocycles. The minimum atomic E-state index is -0.161. The average Bonchev–Trinajstić information content (AvgIpc) is 3.07. The van der Waals surface area contributed by atoms with E-state index in [0.717, 1.165) is 13.1 Å². The Morgan fingerprint density at radius 2 is 2.47 bits per heavy atom. The van der Waals surface area contributed by atoms with Crippen molar-refractivity contribution in [2.24, 2.45) is 0 Å². The van der Waals surface area contributed by atoms with Gasteiger partial charge in [-0.2, -0.15) is 10.2 Å². The van der Waals surface area contributed by atoms with Crippen molar-refractivity contribution in [1.29, 1.82) is 5.26 Å². The van der Waals surface area contributed by atoms with Gasteiger partial charge in [-0.15, -0.1) is 0 Å². The first-order valence-corrected chi connectivity index (χ1v) is 5.99. The van der Waals surface area contributed by atoms with Crippen molar-refractivity contribution in [2.45, 2.75) is 6.10 Å². The molecule has 0 radical (unpaired) electrons. The lowest BCUT2D eigenvalue weighted by Gasteiger charge is -2.27. The van der Waals surface area contributed by atoms with Crippen LogP contribution >= 0.6 is 0 Å². The molecule has 98 valence electrons. The van der Waals surface area contributed by atoms with E-state index in [2.05, 4.69) is 20.0 Å². The molecule has 7 nitrogen and oxygen atoms in total. The Labute approximate surface area is 109 Å². The zero-order chi connectivity index (χ0) is 13.2. The highest BCUT2D eigenvalue weighted by Crippen LogP contribution is 2.23. The average molecular weight is 259 g/mol. The number of hydrogen-bond donors (Lipinski definition) is 1. The lowest BCUT2D eigenvalue weighted by atomic mass is 10.2. The molecule has 1 aliphatic heterocycles. The number of nitrogens with one attached hydrogen (secondary N) is 1. The molecule has 0 spiro atoms. The van der Waals surface area contributed by atoms with Crippen molar-refractivity contribution in [3.63, 3.8) is 0 Å². The first kappa shape index (κ1) is 11.9. The number of aromatic nitrogens is 3. The Bertz CT molecular complexity index is 612. The highest BCUT2D eigenvalue weighted by molar-refractivity contribution is 5.54. The normalized spacial score (nSPS) is 20.3. The zero-order valence-electron chi connectivity index (χ0n) is 10.5. The maximum Gasteiger partial charge on any atom is 0.259 e.